The molecule has 0 aromatic heterocycles. The molecular weight excluding hydrogens is 158 g/mol. The van der Waals surface area contributed by atoms with E-state index in [9.17, 15) is 0 Å². The molecule has 0 radical (unpaired) electrons. The van der Waals surface area contributed by atoms with Crippen LogP contribution in [0.2, 0.25) is 0 Å². The van der Waals surface area contributed by atoms with Crippen molar-refractivity contribution < 1.29 is 0 Å². The highest BCUT2D eigenvalue weighted by molar-refractivity contribution is 4.85. The lowest BCUT2D eigenvalue weighted by Gasteiger charge is -2.41. The van der Waals surface area contributed by atoms with Gasteiger partial charge in [-0.05, 0) is 50.2 Å². The monoisotopic (exact) mass is 183 g/mol. The molecule has 0 aliphatic carbocycles. The fourth-order valence-corrected chi connectivity index (χ4v) is 2.62. The van der Waals surface area contributed by atoms with Crippen LogP contribution in [0.4, 0.5) is 0 Å². The predicted octanol–water partition coefficient (Wildman–Crippen LogP) is 3.15. The number of hydrogen-bond acceptors (Lipinski definition) is 1. The molecule has 0 amide bonds. The second kappa shape index (κ2) is 3.61. The zero-order valence-electron chi connectivity index (χ0n) is 9.98. The Hall–Kier alpha value is -0.0400. The quantitative estimate of drug-likeness (QED) is 0.603. The largest absolute Gasteiger partial charge is 0.306 e. The van der Waals surface area contributed by atoms with Crippen molar-refractivity contribution in [1.82, 2.24) is 4.90 Å². The summed E-state index contributed by atoms with van der Waals surface area (Å²) in [6.45, 7) is 12.1. The molecule has 0 aromatic rings. The van der Waals surface area contributed by atoms with Crippen LogP contribution in [0.5, 0.6) is 0 Å². The summed E-state index contributed by atoms with van der Waals surface area (Å²) >= 11 is 0. The molecule has 0 aromatic carbocycles. The van der Waals surface area contributed by atoms with Gasteiger partial charge in [-0.25, -0.2) is 0 Å². The molecule has 0 unspecified atom stereocenters. The van der Waals surface area contributed by atoms with Gasteiger partial charge in [-0.2, -0.15) is 0 Å². The molecule has 1 rings (SSSR count). The highest BCUT2D eigenvalue weighted by Crippen LogP contribution is 2.40. The summed E-state index contributed by atoms with van der Waals surface area (Å²) in [6, 6.07) is 0. The van der Waals surface area contributed by atoms with Crippen molar-refractivity contribution in [1.29, 1.82) is 0 Å². The van der Waals surface area contributed by atoms with E-state index in [1.165, 1.54) is 32.4 Å². The second-order valence-corrected chi connectivity index (χ2v) is 6.35. The van der Waals surface area contributed by atoms with Crippen LogP contribution in [0.3, 0.4) is 0 Å². The van der Waals surface area contributed by atoms with Crippen LogP contribution >= 0.6 is 0 Å². The molecule has 78 valence electrons. The minimum absolute atomic E-state index is 0.491. The predicted molar refractivity (Wildman–Crippen MR) is 58.9 cm³/mol. The van der Waals surface area contributed by atoms with E-state index in [-0.39, 0.29) is 0 Å². The van der Waals surface area contributed by atoms with E-state index in [0.29, 0.717) is 10.8 Å². The lowest BCUT2D eigenvalue weighted by molar-refractivity contribution is 0.0918. The van der Waals surface area contributed by atoms with Crippen LogP contribution in [-0.2, 0) is 0 Å². The molecule has 1 nitrogen and oxygen atoms in total. The first-order chi connectivity index (χ1) is 5.81. The molecule has 0 atom stereocenters. The number of likely N-dealkylation sites (tertiary alicyclic amines) is 1. The summed E-state index contributed by atoms with van der Waals surface area (Å²) in [6.07, 6.45) is 4.12. The SMILES string of the molecule is CN1CCC(C)(CC(C)(C)C)CC1. The second-order valence-electron chi connectivity index (χ2n) is 6.35. The van der Waals surface area contributed by atoms with E-state index in [1.807, 2.05) is 0 Å². The summed E-state index contributed by atoms with van der Waals surface area (Å²) in [5, 5.41) is 0. The van der Waals surface area contributed by atoms with E-state index in [0.717, 1.165) is 0 Å². The van der Waals surface area contributed by atoms with Crippen molar-refractivity contribution in [2.24, 2.45) is 10.8 Å². The van der Waals surface area contributed by atoms with Crippen molar-refractivity contribution in [2.75, 3.05) is 20.1 Å². The maximum atomic E-state index is 2.46. The maximum absolute atomic E-state index is 2.46. The van der Waals surface area contributed by atoms with Gasteiger partial charge in [0.15, 0.2) is 0 Å². The minimum atomic E-state index is 0.491. The average molecular weight is 183 g/mol. The van der Waals surface area contributed by atoms with E-state index in [2.05, 4.69) is 39.6 Å². The zero-order chi connectivity index (χ0) is 10.1. The van der Waals surface area contributed by atoms with Crippen molar-refractivity contribution >= 4 is 0 Å². The minimum Gasteiger partial charge on any atom is -0.306 e. The number of piperidine rings is 1. The first kappa shape index (κ1) is 11.0. The Balaban J connectivity index is 2.48. The molecular formula is C12H25N. The smallest absolute Gasteiger partial charge is 0.00166 e. The van der Waals surface area contributed by atoms with Gasteiger partial charge in [0, 0.05) is 0 Å². The van der Waals surface area contributed by atoms with E-state index < -0.39 is 0 Å². The van der Waals surface area contributed by atoms with Gasteiger partial charge in [-0.1, -0.05) is 27.7 Å². The Morgan fingerprint density at radius 1 is 1.15 bits per heavy atom. The van der Waals surface area contributed by atoms with Crippen LogP contribution in [0.1, 0.15) is 47.0 Å². The third kappa shape index (κ3) is 3.68. The van der Waals surface area contributed by atoms with Gasteiger partial charge in [-0.3, -0.25) is 0 Å². The third-order valence-corrected chi connectivity index (χ3v) is 3.15. The summed E-state index contributed by atoms with van der Waals surface area (Å²) < 4.78 is 0. The molecule has 1 heterocycles. The Kier molecular flexibility index (Phi) is 3.06. The summed E-state index contributed by atoms with van der Waals surface area (Å²) in [5.74, 6) is 0. The highest BCUT2D eigenvalue weighted by Gasteiger charge is 2.32. The topological polar surface area (TPSA) is 3.24 Å². The van der Waals surface area contributed by atoms with Gasteiger partial charge in [0.1, 0.15) is 0 Å². The Bertz CT molecular complexity index is 158. The summed E-state index contributed by atoms with van der Waals surface area (Å²) in [4.78, 5) is 2.45. The normalized spacial score (nSPS) is 24.7. The third-order valence-electron chi connectivity index (χ3n) is 3.15. The average Bonchev–Trinajstić information content (AvgIpc) is 1.92. The summed E-state index contributed by atoms with van der Waals surface area (Å²) in [7, 11) is 2.23. The van der Waals surface area contributed by atoms with Crippen LogP contribution in [0.15, 0.2) is 0 Å². The maximum Gasteiger partial charge on any atom is -0.00166 e. The lowest BCUT2D eigenvalue weighted by Crippen LogP contribution is -2.38. The van der Waals surface area contributed by atoms with Gasteiger partial charge >= 0.3 is 0 Å². The molecule has 0 spiro atoms. The van der Waals surface area contributed by atoms with Gasteiger partial charge in [0.25, 0.3) is 0 Å². The van der Waals surface area contributed by atoms with Crippen molar-refractivity contribution in [2.45, 2.75) is 47.0 Å². The molecule has 1 fully saturated rings. The van der Waals surface area contributed by atoms with E-state index >= 15 is 0 Å². The fourth-order valence-electron chi connectivity index (χ4n) is 2.62. The Morgan fingerprint density at radius 2 is 1.62 bits per heavy atom. The van der Waals surface area contributed by atoms with Crippen molar-refractivity contribution in [3.05, 3.63) is 0 Å². The first-order valence-electron chi connectivity index (χ1n) is 5.49. The van der Waals surface area contributed by atoms with E-state index in [1.54, 1.807) is 0 Å². The van der Waals surface area contributed by atoms with Gasteiger partial charge in [0.2, 0.25) is 0 Å². The standard InChI is InChI=1S/C12H25N/c1-11(2,3)10-12(4)6-8-13(5)9-7-12/h6-10H2,1-5H3. The number of nitrogens with zero attached hydrogens (tertiary/aromatic N) is 1. The summed E-state index contributed by atoms with van der Waals surface area (Å²) in [5.41, 5.74) is 1.09. The van der Waals surface area contributed by atoms with Crippen molar-refractivity contribution in [3.8, 4) is 0 Å². The Labute approximate surface area is 83.5 Å². The lowest BCUT2D eigenvalue weighted by atomic mass is 9.70. The first-order valence-corrected chi connectivity index (χ1v) is 5.49. The Morgan fingerprint density at radius 3 is 2.00 bits per heavy atom. The number of rotatable bonds is 1. The molecule has 1 saturated heterocycles. The van der Waals surface area contributed by atoms with Crippen LogP contribution in [0, 0.1) is 10.8 Å². The molecule has 0 N–H and O–H groups in total. The van der Waals surface area contributed by atoms with Gasteiger partial charge < -0.3 is 4.90 Å². The van der Waals surface area contributed by atoms with E-state index in [4.69, 9.17) is 0 Å². The van der Waals surface area contributed by atoms with Gasteiger partial charge in [0.05, 0.1) is 0 Å². The van der Waals surface area contributed by atoms with Crippen LogP contribution < -0.4 is 0 Å². The number of hydrogen-bond donors (Lipinski definition) is 0. The van der Waals surface area contributed by atoms with Crippen LogP contribution in [-0.4, -0.2) is 25.0 Å². The fraction of sp³-hybridized carbons (Fsp3) is 1.00. The van der Waals surface area contributed by atoms with Crippen LogP contribution in [0.25, 0.3) is 0 Å². The molecule has 1 aliphatic rings. The zero-order valence-corrected chi connectivity index (χ0v) is 9.98. The van der Waals surface area contributed by atoms with Crippen molar-refractivity contribution in [3.63, 3.8) is 0 Å². The molecule has 1 aliphatic heterocycles. The molecule has 13 heavy (non-hydrogen) atoms. The molecule has 1 heteroatoms. The molecule has 0 saturated carbocycles. The highest BCUT2D eigenvalue weighted by atomic mass is 15.1. The molecule has 0 bridgehead atoms. The van der Waals surface area contributed by atoms with Gasteiger partial charge in [-0.15, -0.1) is 0 Å².